The molecular weight excluding hydrogens is 440 g/mol. The Hall–Kier alpha value is -3.58. The number of benzene rings is 2. The van der Waals surface area contributed by atoms with E-state index in [-0.39, 0.29) is 17.6 Å². The molecule has 2 aliphatic rings. The molecule has 0 bridgehead atoms. The van der Waals surface area contributed by atoms with Crippen LogP contribution in [0.4, 0.5) is 11.4 Å². The van der Waals surface area contributed by atoms with Gasteiger partial charge in [0.05, 0.1) is 11.8 Å². The maximum atomic E-state index is 13.5. The summed E-state index contributed by atoms with van der Waals surface area (Å²) in [5.74, 6) is -0.0491. The number of carbonyl (C=O) groups is 2. The summed E-state index contributed by atoms with van der Waals surface area (Å²) in [5.41, 5.74) is 4.78. The van der Waals surface area contributed by atoms with Crippen LogP contribution < -0.4 is 10.2 Å². The first-order valence-corrected chi connectivity index (χ1v) is 12.4. The van der Waals surface area contributed by atoms with Gasteiger partial charge in [-0.3, -0.25) is 14.5 Å². The lowest BCUT2D eigenvalue weighted by Gasteiger charge is -2.37. The number of hydrogen-bond donors (Lipinski definition) is 1. The number of aryl methyl sites for hydroxylation is 1. The first-order chi connectivity index (χ1) is 17.1. The van der Waals surface area contributed by atoms with Crippen molar-refractivity contribution in [2.75, 3.05) is 49.5 Å². The van der Waals surface area contributed by atoms with Crippen molar-refractivity contribution in [3.8, 4) is 0 Å². The molecule has 3 aromatic rings. The molecule has 3 heterocycles. The van der Waals surface area contributed by atoms with Crippen LogP contribution >= 0.6 is 0 Å². The van der Waals surface area contributed by atoms with Crippen LogP contribution in [0.2, 0.25) is 0 Å². The van der Waals surface area contributed by atoms with Gasteiger partial charge < -0.3 is 19.5 Å². The van der Waals surface area contributed by atoms with Crippen molar-refractivity contribution in [3.63, 3.8) is 0 Å². The van der Waals surface area contributed by atoms with Gasteiger partial charge in [-0.25, -0.2) is 0 Å². The van der Waals surface area contributed by atoms with Crippen LogP contribution in [0.15, 0.2) is 65.3 Å². The summed E-state index contributed by atoms with van der Waals surface area (Å²) in [6.45, 7) is 8.18. The van der Waals surface area contributed by atoms with Crippen molar-refractivity contribution < 1.29 is 14.0 Å². The minimum atomic E-state index is -0.327. The average Bonchev–Trinajstić information content (AvgIpc) is 3.61. The fourth-order valence-corrected chi connectivity index (χ4v) is 4.85. The van der Waals surface area contributed by atoms with Gasteiger partial charge in [-0.05, 0) is 55.7 Å². The quantitative estimate of drug-likeness (QED) is 0.576. The number of nitrogens with zero attached hydrogens (tertiary/aromatic N) is 3. The number of likely N-dealkylation sites (tertiary alicyclic amines) is 1. The smallest absolute Gasteiger partial charge is 0.291 e. The molecule has 182 valence electrons. The molecule has 35 heavy (non-hydrogen) atoms. The van der Waals surface area contributed by atoms with Crippen LogP contribution in [-0.4, -0.2) is 60.9 Å². The van der Waals surface area contributed by atoms with Gasteiger partial charge in [-0.1, -0.05) is 29.8 Å². The van der Waals surface area contributed by atoms with Gasteiger partial charge in [0, 0.05) is 57.2 Å². The summed E-state index contributed by atoms with van der Waals surface area (Å²) in [5, 5.41) is 2.87. The predicted molar refractivity (Wildman–Crippen MR) is 137 cm³/mol. The minimum absolute atomic E-state index is 0.0358. The van der Waals surface area contributed by atoms with E-state index >= 15 is 0 Å². The first kappa shape index (κ1) is 23.2. The first-order valence-electron chi connectivity index (χ1n) is 12.4. The van der Waals surface area contributed by atoms with E-state index in [0.29, 0.717) is 11.3 Å². The number of furan rings is 1. The van der Waals surface area contributed by atoms with Gasteiger partial charge in [0.25, 0.3) is 11.8 Å². The van der Waals surface area contributed by atoms with Crippen LogP contribution in [0.3, 0.4) is 0 Å². The lowest BCUT2D eigenvalue weighted by Crippen LogP contribution is -2.46. The van der Waals surface area contributed by atoms with Crippen molar-refractivity contribution in [1.82, 2.24) is 9.80 Å². The fourth-order valence-electron chi connectivity index (χ4n) is 4.85. The highest BCUT2D eigenvalue weighted by Crippen LogP contribution is 2.28. The summed E-state index contributed by atoms with van der Waals surface area (Å²) in [6.07, 6.45) is 3.54. The molecule has 0 aliphatic carbocycles. The molecular formula is C28H32N4O3. The highest BCUT2D eigenvalue weighted by atomic mass is 16.3. The van der Waals surface area contributed by atoms with E-state index in [0.717, 1.165) is 64.3 Å². The third-order valence-electron chi connectivity index (χ3n) is 6.86. The van der Waals surface area contributed by atoms with E-state index < -0.39 is 0 Å². The molecule has 7 heteroatoms. The Morgan fingerprint density at radius 3 is 2.34 bits per heavy atom. The number of nitrogens with one attached hydrogen (secondary N) is 1. The maximum absolute atomic E-state index is 13.5. The second-order valence-electron chi connectivity index (χ2n) is 9.41. The van der Waals surface area contributed by atoms with Gasteiger partial charge in [0.15, 0.2) is 5.76 Å². The third-order valence-corrected chi connectivity index (χ3v) is 6.86. The molecule has 2 aliphatic heterocycles. The number of hydrogen-bond acceptors (Lipinski definition) is 5. The average molecular weight is 473 g/mol. The molecule has 0 radical (unpaired) electrons. The Morgan fingerprint density at radius 2 is 1.66 bits per heavy atom. The van der Waals surface area contributed by atoms with Crippen LogP contribution in [0.5, 0.6) is 0 Å². The summed E-state index contributed by atoms with van der Waals surface area (Å²) >= 11 is 0. The topological polar surface area (TPSA) is 69.0 Å². The van der Waals surface area contributed by atoms with E-state index in [4.69, 9.17) is 4.42 Å². The van der Waals surface area contributed by atoms with Gasteiger partial charge >= 0.3 is 0 Å². The highest BCUT2D eigenvalue weighted by Gasteiger charge is 2.26. The van der Waals surface area contributed by atoms with Crippen LogP contribution in [-0.2, 0) is 6.54 Å². The Morgan fingerprint density at radius 1 is 0.914 bits per heavy atom. The molecule has 0 saturated carbocycles. The van der Waals surface area contributed by atoms with E-state index in [1.807, 2.05) is 23.1 Å². The van der Waals surface area contributed by atoms with Crippen molar-refractivity contribution in [2.45, 2.75) is 26.3 Å². The van der Waals surface area contributed by atoms with Crippen LogP contribution in [0, 0.1) is 6.92 Å². The summed E-state index contributed by atoms with van der Waals surface area (Å²) < 4.78 is 5.20. The standard InChI is InChI=1S/C28H32N4O3/c1-21-6-8-22(9-7-21)20-30-14-16-31(17-15-30)25-11-10-23(29-27(33)26-5-4-18-35-26)19-24(25)28(34)32-12-2-3-13-32/h4-11,18-19H,2-3,12-17,20H2,1H3,(H,29,33). The van der Waals surface area contributed by atoms with Gasteiger partial charge in [0.2, 0.25) is 0 Å². The normalized spacial score (nSPS) is 16.5. The Bertz CT molecular complexity index is 1160. The molecule has 0 unspecified atom stereocenters. The molecule has 2 saturated heterocycles. The molecule has 0 atom stereocenters. The zero-order valence-electron chi connectivity index (χ0n) is 20.2. The number of anilines is 2. The van der Waals surface area contributed by atoms with E-state index in [2.05, 4.69) is 46.3 Å². The maximum Gasteiger partial charge on any atom is 0.291 e. The molecule has 1 N–H and O–H groups in total. The lowest BCUT2D eigenvalue weighted by molar-refractivity contribution is 0.0792. The minimum Gasteiger partial charge on any atom is -0.459 e. The highest BCUT2D eigenvalue weighted by molar-refractivity contribution is 6.05. The molecule has 0 spiro atoms. The summed E-state index contributed by atoms with van der Waals surface area (Å²) in [4.78, 5) is 32.6. The van der Waals surface area contributed by atoms with Crippen molar-refractivity contribution in [1.29, 1.82) is 0 Å². The molecule has 1 aromatic heterocycles. The second-order valence-corrected chi connectivity index (χ2v) is 9.41. The molecule has 2 amide bonds. The SMILES string of the molecule is Cc1ccc(CN2CCN(c3ccc(NC(=O)c4ccco4)cc3C(=O)N3CCCC3)CC2)cc1. The van der Waals surface area contributed by atoms with Crippen LogP contribution in [0.1, 0.15) is 44.9 Å². The van der Waals surface area contributed by atoms with Gasteiger partial charge in [0.1, 0.15) is 0 Å². The molecule has 5 rings (SSSR count). The summed E-state index contributed by atoms with van der Waals surface area (Å²) in [7, 11) is 0. The van der Waals surface area contributed by atoms with Gasteiger partial charge in [-0.15, -0.1) is 0 Å². The fraction of sp³-hybridized carbons (Fsp3) is 0.357. The van der Waals surface area contributed by atoms with E-state index in [1.165, 1.54) is 17.4 Å². The lowest BCUT2D eigenvalue weighted by atomic mass is 10.1. The van der Waals surface area contributed by atoms with Crippen LogP contribution in [0.25, 0.3) is 0 Å². The number of carbonyl (C=O) groups excluding carboxylic acids is 2. The molecule has 2 aromatic carbocycles. The third kappa shape index (κ3) is 5.41. The van der Waals surface area contributed by atoms with Crippen molar-refractivity contribution >= 4 is 23.2 Å². The molecule has 2 fully saturated rings. The van der Waals surface area contributed by atoms with Crippen molar-refractivity contribution in [3.05, 3.63) is 83.3 Å². The Labute approximate surface area is 206 Å². The van der Waals surface area contributed by atoms with E-state index in [1.54, 1.807) is 12.1 Å². The molecule has 7 nitrogen and oxygen atoms in total. The second kappa shape index (κ2) is 10.4. The Balaban J connectivity index is 1.32. The zero-order chi connectivity index (χ0) is 24.2. The number of piperazine rings is 1. The monoisotopic (exact) mass is 472 g/mol. The number of rotatable bonds is 6. The predicted octanol–water partition coefficient (Wildman–Crippen LogP) is 4.40. The van der Waals surface area contributed by atoms with Gasteiger partial charge in [-0.2, -0.15) is 0 Å². The van der Waals surface area contributed by atoms with Crippen molar-refractivity contribution in [2.24, 2.45) is 0 Å². The Kier molecular flexibility index (Phi) is 6.86. The van der Waals surface area contributed by atoms with E-state index in [9.17, 15) is 9.59 Å². The largest absolute Gasteiger partial charge is 0.459 e. The zero-order valence-corrected chi connectivity index (χ0v) is 20.2. The number of amides is 2. The summed E-state index contributed by atoms with van der Waals surface area (Å²) in [6, 6.07) is 17.7.